The molecule has 20 heavy (non-hydrogen) atoms. The van der Waals surface area contributed by atoms with Crippen molar-refractivity contribution in [3.63, 3.8) is 0 Å². The molecular weight excluding hydrogens is 276 g/mol. The molecule has 0 aliphatic heterocycles. The Labute approximate surface area is 121 Å². The Hall–Kier alpha value is -1.99. The van der Waals surface area contributed by atoms with E-state index in [9.17, 15) is 4.79 Å². The van der Waals surface area contributed by atoms with Crippen LogP contribution in [0.25, 0.3) is 0 Å². The lowest BCUT2D eigenvalue weighted by Gasteiger charge is -2.05. The maximum atomic E-state index is 11.9. The van der Waals surface area contributed by atoms with Gasteiger partial charge in [-0.3, -0.25) is 9.78 Å². The maximum Gasteiger partial charge on any atom is 0.269 e. The molecule has 6 nitrogen and oxygen atoms in total. The zero-order valence-electron chi connectivity index (χ0n) is 10.9. The molecule has 0 saturated heterocycles. The minimum atomic E-state index is -0.224. The van der Waals surface area contributed by atoms with Crippen molar-refractivity contribution < 1.29 is 9.53 Å². The van der Waals surface area contributed by atoms with Gasteiger partial charge in [0.1, 0.15) is 5.69 Å². The summed E-state index contributed by atoms with van der Waals surface area (Å²) < 4.78 is 4.88. The van der Waals surface area contributed by atoms with Gasteiger partial charge in [0, 0.05) is 37.1 Å². The summed E-state index contributed by atoms with van der Waals surface area (Å²) in [7, 11) is 1.58. The number of rotatable bonds is 6. The number of aromatic nitrogens is 3. The zero-order chi connectivity index (χ0) is 14.2. The average molecular weight is 290 g/mol. The molecule has 2 heterocycles. The standard InChI is InChI=1S/C13H14N4O2S/c1-19-8-7-15-12(18)11-9-10(3-6-14-11)20-13-16-4-2-5-17-13/h2-6,9H,7-8H2,1H3,(H,15,18). The quantitative estimate of drug-likeness (QED) is 0.640. The molecule has 0 bridgehead atoms. The third kappa shape index (κ3) is 4.29. The molecule has 1 N–H and O–H groups in total. The second-order valence-electron chi connectivity index (χ2n) is 3.76. The molecule has 0 aromatic carbocycles. The highest BCUT2D eigenvalue weighted by atomic mass is 32.2. The van der Waals surface area contributed by atoms with E-state index in [4.69, 9.17) is 4.74 Å². The largest absolute Gasteiger partial charge is 0.383 e. The number of nitrogens with zero attached hydrogens (tertiary/aromatic N) is 3. The van der Waals surface area contributed by atoms with Gasteiger partial charge < -0.3 is 10.1 Å². The average Bonchev–Trinajstić information content (AvgIpc) is 2.49. The zero-order valence-corrected chi connectivity index (χ0v) is 11.8. The van der Waals surface area contributed by atoms with Crippen LogP contribution in [-0.4, -0.2) is 41.1 Å². The van der Waals surface area contributed by atoms with Crippen LogP contribution in [0.2, 0.25) is 0 Å². The molecule has 7 heteroatoms. The summed E-state index contributed by atoms with van der Waals surface area (Å²) in [4.78, 5) is 25.0. The minimum Gasteiger partial charge on any atom is -0.383 e. The Kier molecular flexibility index (Phi) is 5.45. The van der Waals surface area contributed by atoms with E-state index in [2.05, 4.69) is 20.3 Å². The summed E-state index contributed by atoms with van der Waals surface area (Å²) in [5.74, 6) is -0.224. The van der Waals surface area contributed by atoms with Gasteiger partial charge >= 0.3 is 0 Å². The Balaban J connectivity index is 2.02. The van der Waals surface area contributed by atoms with Crippen LogP contribution in [0.15, 0.2) is 46.8 Å². The second kappa shape index (κ2) is 7.56. The lowest BCUT2D eigenvalue weighted by molar-refractivity contribution is 0.0932. The van der Waals surface area contributed by atoms with Crippen LogP contribution < -0.4 is 5.32 Å². The lowest BCUT2D eigenvalue weighted by atomic mass is 10.3. The number of carbonyl (C=O) groups excluding carboxylic acids is 1. The number of methoxy groups -OCH3 is 1. The Morgan fingerprint density at radius 3 is 2.85 bits per heavy atom. The van der Waals surface area contributed by atoms with Gasteiger partial charge in [0.25, 0.3) is 5.91 Å². The van der Waals surface area contributed by atoms with Crippen molar-refractivity contribution in [3.8, 4) is 0 Å². The molecule has 0 spiro atoms. The fourth-order valence-corrected chi connectivity index (χ4v) is 2.14. The van der Waals surface area contributed by atoms with Crippen LogP contribution >= 0.6 is 11.8 Å². The van der Waals surface area contributed by atoms with Crippen LogP contribution in [0, 0.1) is 0 Å². The predicted octanol–water partition coefficient (Wildman–Crippen LogP) is 1.40. The van der Waals surface area contributed by atoms with Gasteiger partial charge in [0.2, 0.25) is 0 Å². The minimum absolute atomic E-state index is 0.224. The van der Waals surface area contributed by atoms with Crippen molar-refractivity contribution in [2.45, 2.75) is 10.1 Å². The Morgan fingerprint density at radius 2 is 2.10 bits per heavy atom. The summed E-state index contributed by atoms with van der Waals surface area (Å²) in [6.07, 6.45) is 4.94. The van der Waals surface area contributed by atoms with Crippen molar-refractivity contribution >= 4 is 17.7 Å². The SMILES string of the molecule is COCCNC(=O)c1cc(Sc2ncccn2)ccn1. The van der Waals surface area contributed by atoms with E-state index in [-0.39, 0.29) is 5.91 Å². The molecular formula is C13H14N4O2S. The van der Waals surface area contributed by atoms with E-state index in [0.29, 0.717) is 24.0 Å². The molecule has 0 fully saturated rings. The van der Waals surface area contributed by atoms with Crippen LogP contribution in [0.4, 0.5) is 0 Å². The molecule has 2 aromatic heterocycles. The molecule has 0 aliphatic carbocycles. The first-order valence-electron chi connectivity index (χ1n) is 5.97. The molecule has 2 aromatic rings. The normalized spacial score (nSPS) is 10.2. The summed E-state index contributed by atoms with van der Waals surface area (Å²) in [5.41, 5.74) is 0.363. The lowest BCUT2D eigenvalue weighted by Crippen LogP contribution is -2.27. The van der Waals surface area contributed by atoms with Crippen LogP contribution in [-0.2, 0) is 4.74 Å². The van der Waals surface area contributed by atoms with E-state index in [0.717, 1.165) is 4.90 Å². The third-order valence-electron chi connectivity index (χ3n) is 2.31. The molecule has 0 saturated carbocycles. The van der Waals surface area contributed by atoms with Gasteiger partial charge in [0.15, 0.2) is 5.16 Å². The fraction of sp³-hybridized carbons (Fsp3) is 0.231. The molecule has 0 radical (unpaired) electrons. The monoisotopic (exact) mass is 290 g/mol. The van der Waals surface area contributed by atoms with E-state index in [1.54, 1.807) is 37.8 Å². The molecule has 104 valence electrons. The molecule has 0 unspecified atom stereocenters. The van der Waals surface area contributed by atoms with Crippen LogP contribution in [0.5, 0.6) is 0 Å². The number of ether oxygens (including phenoxy) is 1. The number of carbonyl (C=O) groups is 1. The van der Waals surface area contributed by atoms with E-state index in [1.165, 1.54) is 11.8 Å². The van der Waals surface area contributed by atoms with E-state index >= 15 is 0 Å². The highest BCUT2D eigenvalue weighted by Crippen LogP contribution is 2.23. The number of hydrogen-bond donors (Lipinski definition) is 1. The summed E-state index contributed by atoms with van der Waals surface area (Å²) in [6.45, 7) is 0.925. The first-order valence-corrected chi connectivity index (χ1v) is 6.79. The first kappa shape index (κ1) is 14.4. The van der Waals surface area contributed by atoms with Crippen molar-refractivity contribution in [2.24, 2.45) is 0 Å². The Bertz CT molecular complexity index is 565. The van der Waals surface area contributed by atoms with E-state index in [1.807, 2.05) is 6.07 Å². The highest BCUT2D eigenvalue weighted by Gasteiger charge is 2.08. The van der Waals surface area contributed by atoms with E-state index < -0.39 is 0 Å². The van der Waals surface area contributed by atoms with Gasteiger partial charge in [-0.25, -0.2) is 9.97 Å². The van der Waals surface area contributed by atoms with Crippen molar-refractivity contribution in [1.82, 2.24) is 20.3 Å². The number of nitrogens with one attached hydrogen (secondary N) is 1. The first-order chi connectivity index (χ1) is 9.79. The highest BCUT2D eigenvalue weighted by molar-refractivity contribution is 7.99. The molecule has 0 atom stereocenters. The summed E-state index contributed by atoms with van der Waals surface area (Å²) >= 11 is 1.38. The topological polar surface area (TPSA) is 77.0 Å². The number of pyridine rings is 1. The smallest absolute Gasteiger partial charge is 0.269 e. The van der Waals surface area contributed by atoms with Crippen molar-refractivity contribution in [1.29, 1.82) is 0 Å². The molecule has 1 amide bonds. The third-order valence-corrected chi connectivity index (χ3v) is 3.19. The molecule has 0 aliphatic rings. The van der Waals surface area contributed by atoms with Crippen LogP contribution in [0.3, 0.4) is 0 Å². The second-order valence-corrected chi connectivity index (χ2v) is 4.80. The van der Waals surface area contributed by atoms with Gasteiger partial charge in [0.05, 0.1) is 6.61 Å². The van der Waals surface area contributed by atoms with Crippen molar-refractivity contribution in [3.05, 3.63) is 42.5 Å². The Morgan fingerprint density at radius 1 is 1.30 bits per heavy atom. The van der Waals surface area contributed by atoms with Gasteiger partial charge in [-0.15, -0.1) is 0 Å². The number of amides is 1. The predicted molar refractivity (Wildman–Crippen MR) is 74.6 cm³/mol. The summed E-state index contributed by atoms with van der Waals surface area (Å²) in [5, 5.41) is 3.35. The van der Waals surface area contributed by atoms with Gasteiger partial charge in [-0.05, 0) is 30.0 Å². The van der Waals surface area contributed by atoms with Gasteiger partial charge in [-0.1, -0.05) is 0 Å². The van der Waals surface area contributed by atoms with Crippen molar-refractivity contribution in [2.75, 3.05) is 20.3 Å². The number of hydrogen-bond acceptors (Lipinski definition) is 6. The van der Waals surface area contributed by atoms with Gasteiger partial charge in [-0.2, -0.15) is 0 Å². The van der Waals surface area contributed by atoms with Crippen LogP contribution in [0.1, 0.15) is 10.5 Å². The maximum absolute atomic E-state index is 11.9. The molecule has 2 rings (SSSR count). The fourth-order valence-electron chi connectivity index (χ4n) is 1.40. The summed E-state index contributed by atoms with van der Waals surface area (Å²) in [6, 6.07) is 5.28.